The molecule has 0 bridgehead atoms. The van der Waals surface area contributed by atoms with Crippen molar-refractivity contribution in [2.24, 2.45) is 5.41 Å². The molecule has 152 valence electrons. The smallest absolute Gasteiger partial charge is 0.334 e. The first-order valence-electron chi connectivity index (χ1n) is 7.59. The highest BCUT2D eigenvalue weighted by Gasteiger charge is 2.39. The Labute approximate surface area is 155 Å². The first kappa shape index (κ1) is 25.7. The third kappa shape index (κ3) is 7.76. The Morgan fingerprint density at radius 1 is 0.885 bits per heavy atom. The van der Waals surface area contributed by atoms with Gasteiger partial charge >= 0.3 is 17.2 Å². The molecule has 0 aliphatic heterocycles. The molecule has 0 fully saturated rings. The topological polar surface area (TPSA) is 171 Å². The Bertz CT molecular complexity index is 502. The van der Waals surface area contributed by atoms with Crippen LogP contribution in [-0.2, 0) is 9.73 Å². The zero-order chi connectivity index (χ0) is 20.5. The van der Waals surface area contributed by atoms with Gasteiger partial charge in [0, 0.05) is 0 Å². The summed E-state index contributed by atoms with van der Waals surface area (Å²) in [5.41, 5.74) is 0.0553. The molecule has 0 saturated carbocycles. The molecule has 0 saturated heterocycles. The monoisotopic (exact) mass is 414 g/mol. The van der Waals surface area contributed by atoms with Gasteiger partial charge < -0.3 is 40.0 Å². The maximum Gasteiger partial charge on any atom is 0.334 e. The fourth-order valence-corrected chi connectivity index (χ4v) is 2.75. The van der Waals surface area contributed by atoms with E-state index in [1.54, 1.807) is 12.1 Å². The van der Waals surface area contributed by atoms with Crippen LogP contribution in [-0.4, -0.2) is 59.8 Å². The van der Waals surface area contributed by atoms with E-state index in [0.29, 0.717) is 5.56 Å². The molecular formula is C15H28O9P2. The SMILES string of the molecule is CC(C)(C)c1ccccc1C(O)C(CO)(CO)CO.OP(O)OP(O)O. The van der Waals surface area contributed by atoms with Crippen molar-refractivity contribution in [1.82, 2.24) is 0 Å². The molecular weight excluding hydrogens is 386 g/mol. The molecule has 9 nitrogen and oxygen atoms in total. The molecule has 1 aromatic carbocycles. The van der Waals surface area contributed by atoms with E-state index in [0.717, 1.165) is 5.56 Å². The van der Waals surface area contributed by atoms with Crippen LogP contribution in [0.25, 0.3) is 0 Å². The minimum atomic E-state index is -2.61. The molecule has 0 aromatic heterocycles. The average Bonchev–Trinajstić information content (AvgIpc) is 2.55. The fraction of sp³-hybridized carbons (Fsp3) is 0.600. The lowest BCUT2D eigenvalue weighted by Crippen LogP contribution is -2.41. The molecule has 11 heteroatoms. The zero-order valence-corrected chi connectivity index (χ0v) is 16.7. The maximum absolute atomic E-state index is 10.5. The van der Waals surface area contributed by atoms with Gasteiger partial charge in [-0.1, -0.05) is 45.0 Å². The van der Waals surface area contributed by atoms with E-state index in [9.17, 15) is 20.4 Å². The molecule has 0 radical (unpaired) electrons. The van der Waals surface area contributed by atoms with Crippen LogP contribution in [0, 0.1) is 5.41 Å². The number of aliphatic hydroxyl groups is 4. The number of benzene rings is 1. The van der Waals surface area contributed by atoms with E-state index in [2.05, 4.69) is 4.31 Å². The quantitative estimate of drug-likeness (QED) is 0.294. The summed E-state index contributed by atoms with van der Waals surface area (Å²) in [7, 11) is -5.22. The molecule has 1 atom stereocenters. The summed E-state index contributed by atoms with van der Waals surface area (Å²) in [5, 5.41) is 38.8. The lowest BCUT2D eigenvalue weighted by atomic mass is 9.75. The number of hydrogen-bond donors (Lipinski definition) is 8. The normalized spacial score (nSPS) is 13.6. The molecule has 8 N–H and O–H groups in total. The first-order valence-corrected chi connectivity index (χ1v) is 9.92. The molecule has 0 aliphatic rings. The molecule has 1 unspecified atom stereocenters. The second-order valence-corrected chi connectivity index (χ2v) is 8.33. The van der Waals surface area contributed by atoms with Crippen molar-refractivity contribution in [1.29, 1.82) is 0 Å². The summed E-state index contributed by atoms with van der Waals surface area (Å²) in [6, 6.07) is 7.36. The lowest BCUT2D eigenvalue weighted by Gasteiger charge is -2.35. The van der Waals surface area contributed by atoms with Gasteiger partial charge in [0.15, 0.2) is 0 Å². The van der Waals surface area contributed by atoms with Crippen molar-refractivity contribution in [3.8, 4) is 0 Å². The molecule has 0 spiro atoms. The number of hydrogen-bond acceptors (Lipinski definition) is 9. The van der Waals surface area contributed by atoms with Crippen LogP contribution in [0.15, 0.2) is 24.3 Å². The van der Waals surface area contributed by atoms with Gasteiger partial charge in [0.05, 0.1) is 31.3 Å². The van der Waals surface area contributed by atoms with Crippen LogP contribution in [0.4, 0.5) is 0 Å². The molecule has 1 rings (SSSR count). The highest BCUT2D eigenvalue weighted by Crippen LogP contribution is 2.41. The minimum absolute atomic E-state index is 0.177. The van der Waals surface area contributed by atoms with Gasteiger partial charge in [-0.3, -0.25) is 0 Å². The Hall–Kier alpha value is -0.280. The Morgan fingerprint density at radius 2 is 1.31 bits per heavy atom. The van der Waals surface area contributed by atoms with Crippen molar-refractivity contribution < 1.29 is 44.3 Å². The first-order chi connectivity index (χ1) is 11.9. The van der Waals surface area contributed by atoms with E-state index >= 15 is 0 Å². The van der Waals surface area contributed by atoms with E-state index in [1.807, 2.05) is 32.9 Å². The second-order valence-electron chi connectivity index (χ2n) is 6.66. The number of aliphatic hydroxyl groups excluding tert-OH is 4. The molecule has 0 aliphatic carbocycles. The Kier molecular flexibility index (Phi) is 11.4. The van der Waals surface area contributed by atoms with E-state index in [-0.39, 0.29) is 5.41 Å². The average molecular weight is 414 g/mol. The minimum Gasteiger partial charge on any atom is -0.395 e. The largest absolute Gasteiger partial charge is 0.395 e. The van der Waals surface area contributed by atoms with E-state index < -0.39 is 48.5 Å². The van der Waals surface area contributed by atoms with Gasteiger partial charge in [0.1, 0.15) is 0 Å². The predicted molar refractivity (Wildman–Crippen MR) is 97.6 cm³/mol. The summed E-state index contributed by atoms with van der Waals surface area (Å²) in [6.07, 6.45) is -1.12. The Morgan fingerprint density at radius 3 is 1.62 bits per heavy atom. The zero-order valence-electron chi connectivity index (χ0n) is 14.9. The van der Waals surface area contributed by atoms with Crippen LogP contribution in [0.5, 0.6) is 0 Å². The fourth-order valence-electron chi connectivity index (χ4n) is 2.22. The van der Waals surface area contributed by atoms with Gasteiger partial charge in [-0.05, 0) is 16.5 Å². The summed E-state index contributed by atoms with van der Waals surface area (Å²) < 4.78 is 3.60. The van der Waals surface area contributed by atoms with Gasteiger partial charge in [-0.15, -0.1) is 0 Å². The van der Waals surface area contributed by atoms with Crippen LogP contribution >= 0.6 is 17.2 Å². The van der Waals surface area contributed by atoms with Crippen LogP contribution in [0.3, 0.4) is 0 Å². The summed E-state index contributed by atoms with van der Waals surface area (Å²) in [5.74, 6) is 0. The summed E-state index contributed by atoms with van der Waals surface area (Å²) in [6.45, 7) is 4.62. The van der Waals surface area contributed by atoms with Crippen molar-refractivity contribution in [3.63, 3.8) is 0 Å². The van der Waals surface area contributed by atoms with Crippen molar-refractivity contribution >= 4 is 17.2 Å². The van der Waals surface area contributed by atoms with Crippen molar-refractivity contribution in [3.05, 3.63) is 35.4 Å². The van der Waals surface area contributed by atoms with E-state index in [4.69, 9.17) is 19.6 Å². The highest BCUT2D eigenvalue weighted by molar-refractivity contribution is 7.53. The third-order valence-corrected chi connectivity index (χ3v) is 4.90. The summed E-state index contributed by atoms with van der Waals surface area (Å²) >= 11 is 0. The molecule has 0 amide bonds. The molecule has 0 heterocycles. The standard InChI is InChI=1S/C15H24O4.H4O5P2/c1-14(2,3)12-7-5-4-6-11(12)13(19)15(8-16,9-17)10-18;1-6(2)5-7(3)4/h4-7,13,16-19H,8-10H2,1-3H3;1-4H. The third-order valence-electron chi connectivity index (χ3n) is 3.73. The highest BCUT2D eigenvalue weighted by atomic mass is 31.2. The van der Waals surface area contributed by atoms with E-state index in [1.165, 1.54) is 0 Å². The van der Waals surface area contributed by atoms with Crippen LogP contribution < -0.4 is 0 Å². The molecule has 1 aromatic rings. The second kappa shape index (κ2) is 11.5. The van der Waals surface area contributed by atoms with Crippen molar-refractivity contribution in [2.75, 3.05) is 19.8 Å². The van der Waals surface area contributed by atoms with Crippen LogP contribution in [0.2, 0.25) is 0 Å². The van der Waals surface area contributed by atoms with Crippen LogP contribution in [0.1, 0.15) is 38.0 Å². The maximum atomic E-state index is 10.5. The predicted octanol–water partition coefficient (Wildman–Crippen LogP) is 0.407. The van der Waals surface area contributed by atoms with Gasteiger partial charge in [-0.25, -0.2) is 4.31 Å². The van der Waals surface area contributed by atoms with Gasteiger partial charge in [0.2, 0.25) is 0 Å². The van der Waals surface area contributed by atoms with Crippen molar-refractivity contribution in [2.45, 2.75) is 32.3 Å². The molecule has 26 heavy (non-hydrogen) atoms. The summed E-state index contributed by atoms with van der Waals surface area (Å²) in [4.78, 5) is 31.3. The Balaban J connectivity index is 0.000000758. The van der Waals surface area contributed by atoms with Gasteiger partial charge in [0.25, 0.3) is 0 Å². The number of rotatable bonds is 7. The van der Waals surface area contributed by atoms with Gasteiger partial charge in [-0.2, -0.15) is 0 Å². The lowest BCUT2D eigenvalue weighted by molar-refractivity contribution is -0.0857.